The lowest BCUT2D eigenvalue weighted by Gasteiger charge is -2.11. The first kappa shape index (κ1) is 18.7. The highest BCUT2D eigenvalue weighted by Crippen LogP contribution is 2.26. The molecule has 19 heavy (non-hydrogen) atoms. The average molecular weight is 374 g/mol. The van der Waals surface area contributed by atoms with Crippen LogP contribution in [0.2, 0.25) is 0 Å². The topological polar surface area (TPSA) is 67.4 Å². The first-order valence-corrected chi connectivity index (χ1v) is 7.82. The molecular weight excluding hydrogens is 356 g/mol. The minimum Gasteiger partial charge on any atom is -0.495 e. The Morgan fingerprint density at radius 1 is 1.32 bits per heavy atom. The monoisotopic (exact) mass is 372 g/mol. The van der Waals surface area contributed by atoms with E-state index in [1.165, 1.54) is 13.2 Å². The Hall–Kier alpha value is -0.340. The Bertz CT molecular complexity index is 497. The van der Waals surface area contributed by atoms with Gasteiger partial charge in [-0.25, -0.2) is 13.1 Å². The fourth-order valence-corrected chi connectivity index (χ4v) is 3.13. The Morgan fingerprint density at radius 3 is 2.58 bits per heavy atom. The maximum absolute atomic E-state index is 12.1. The van der Waals surface area contributed by atoms with Gasteiger partial charge in [-0.15, -0.1) is 12.4 Å². The molecule has 0 atom stereocenters. The molecule has 0 saturated carbocycles. The fraction of sp³-hybridized carbons (Fsp3) is 0.455. The Morgan fingerprint density at radius 2 is 2.00 bits per heavy atom. The van der Waals surface area contributed by atoms with Crippen LogP contribution in [-0.2, 0) is 10.0 Å². The van der Waals surface area contributed by atoms with Gasteiger partial charge in [-0.2, -0.15) is 0 Å². The van der Waals surface area contributed by atoms with Crippen molar-refractivity contribution in [2.75, 3.05) is 26.7 Å². The molecule has 0 radical (unpaired) electrons. The van der Waals surface area contributed by atoms with E-state index in [1.54, 1.807) is 12.1 Å². The van der Waals surface area contributed by atoms with Crippen LogP contribution in [0, 0.1) is 0 Å². The molecule has 110 valence electrons. The van der Waals surface area contributed by atoms with Gasteiger partial charge in [-0.05, 0) is 24.7 Å². The highest BCUT2D eigenvalue weighted by molar-refractivity contribution is 9.10. The first-order chi connectivity index (χ1) is 8.51. The molecule has 0 heterocycles. The molecule has 0 bridgehead atoms. The number of methoxy groups -OCH3 is 1. The molecule has 0 aliphatic carbocycles. The number of hydrogen-bond donors (Lipinski definition) is 2. The van der Waals surface area contributed by atoms with E-state index >= 15 is 0 Å². The van der Waals surface area contributed by atoms with Gasteiger partial charge in [0.1, 0.15) is 10.6 Å². The second kappa shape index (κ2) is 8.76. The molecule has 0 unspecified atom stereocenters. The normalized spacial score (nSPS) is 10.9. The minimum absolute atomic E-state index is 0. The van der Waals surface area contributed by atoms with Gasteiger partial charge in [0.2, 0.25) is 10.0 Å². The SMILES string of the molecule is CCNCCNS(=O)(=O)c1cc(Br)ccc1OC.Cl. The quantitative estimate of drug-likeness (QED) is 0.715. The number of likely N-dealkylation sites (N-methyl/N-ethyl adjacent to an activating group) is 1. The van der Waals surface area contributed by atoms with Crippen molar-refractivity contribution in [2.24, 2.45) is 0 Å². The van der Waals surface area contributed by atoms with Crippen molar-refractivity contribution in [1.29, 1.82) is 0 Å². The highest BCUT2D eigenvalue weighted by atomic mass is 79.9. The van der Waals surface area contributed by atoms with Crippen molar-refractivity contribution in [3.8, 4) is 5.75 Å². The van der Waals surface area contributed by atoms with Crippen LogP contribution < -0.4 is 14.8 Å². The van der Waals surface area contributed by atoms with Gasteiger partial charge in [0, 0.05) is 17.6 Å². The zero-order chi connectivity index (χ0) is 13.6. The molecule has 2 N–H and O–H groups in total. The third kappa shape index (κ3) is 5.66. The van der Waals surface area contributed by atoms with E-state index in [1.807, 2.05) is 6.92 Å². The zero-order valence-corrected chi connectivity index (χ0v) is 14.0. The molecule has 1 rings (SSSR count). The lowest BCUT2D eigenvalue weighted by molar-refractivity contribution is 0.402. The largest absolute Gasteiger partial charge is 0.495 e. The second-order valence-corrected chi connectivity index (χ2v) is 6.20. The first-order valence-electron chi connectivity index (χ1n) is 5.55. The number of ether oxygens (including phenoxy) is 1. The highest BCUT2D eigenvalue weighted by Gasteiger charge is 2.19. The van der Waals surface area contributed by atoms with Crippen molar-refractivity contribution < 1.29 is 13.2 Å². The fourth-order valence-electron chi connectivity index (χ4n) is 1.39. The number of hydrogen-bond acceptors (Lipinski definition) is 4. The van der Waals surface area contributed by atoms with Crippen LogP contribution in [0.1, 0.15) is 6.92 Å². The van der Waals surface area contributed by atoms with Crippen molar-refractivity contribution in [3.63, 3.8) is 0 Å². The predicted octanol–water partition coefficient (Wildman–Crippen LogP) is 1.77. The number of benzene rings is 1. The van der Waals surface area contributed by atoms with E-state index in [9.17, 15) is 8.42 Å². The predicted molar refractivity (Wildman–Crippen MR) is 81.7 cm³/mol. The summed E-state index contributed by atoms with van der Waals surface area (Å²) in [6.45, 7) is 3.70. The standard InChI is InChI=1S/C11H17BrN2O3S.ClH/c1-3-13-6-7-14-18(15,16)11-8-9(12)4-5-10(11)17-2;/h4-5,8,13-14H,3,6-7H2,1-2H3;1H. The Labute approximate surface area is 128 Å². The molecule has 0 amide bonds. The summed E-state index contributed by atoms with van der Waals surface area (Å²) < 4.78 is 32.4. The summed E-state index contributed by atoms with van der Waals surface area (Å²) in [5.41, 5.74) is 0. The van der Waals surface area contributed by atoms with Crippen LogP contribution >= 0.6 is 28.3 Å². The number of nitrogens with one attached hydrogen (secondary N) is 2. The molecule has 1 aromatic carbocycles. The van der Waals surface area contributed by atoms with Gasteiger partial charge < -0.3 is 10.1 Å². The molecule has 0 aliphatic rings. The van der Waals surface area contributed by atoms with Crippen LogP contribution in [0.5, 0.6) is 5.75 Å². The second-order valence-electron chi connectivity index (χ2n) is 3.55. The third-order valence-electron chi connectivity index (χ3n) is 2.26. The van der Waals surface area contributed by atoms with Gasteiger partial charge in [-0.3, -0.25) is 0 Å². The van der Waals surface area contributed by atoms with E-state index in [4.69, 9.17) is 4.74 Å². The number of rotatable bonds is 7. The molecule has 0 saturated heterocycles. The molecule has 8 heteroatoms. The molecule has 0 fully saturated rings. The van der Waals surface area contributed by atoms with E-state index in [0.29, 0.717) is 23.3 Å². The van der Waals surface area contributed by atoms with Crippen LogP contribution in [0.3, 0.4) is 0 Å². The summed E-state index contributed by atoms with van der Waals surface area (Å²) in [5.74, 6) is 0.328. The molecule has 0 aliphatic heterocycles. The van der Waals surface area contributed by atoms with Crippen molar-refractivity contribution in [1.82, 2.24) is 10.0 Å². The summed E-state index contributed by atoms with van der Waals surface area (Å²) >= 11 is 3.25. The van der Waals surface area contributed by atoms with Crippen molar-refractivity contribution in [3.05, 3.63) is 22.7 Å². The lowest BCUT2D eigenvalue weighted by atomic mass is 10.3. The van der Waals surface area contributed by atoms with Gasteiger partial charge in [-0.1, -0.05) is 22.9 Å². The summed E-state index contributed by atoms with van der Waals surface area (Å²) in [4.78, 5) is 0.135. The Kier molecular flexibility index (Phi) is 8.60. The van der Waals surface area contributed by atoms with E-state index in [0.717, 1.165) is 6.54 Å². The number of sulfonamides is 1. The average Bonchev–Trinajstić information content (AvgIpc) is 2.35. The molecule has 0 spiro atoms. The van der Waals surface area contributed by atoms with Crippen LogP contribution in [-0.4, -0.2) is 35.2 Å². The lowest BCUT2D eigenvalue weighted by Crippen LogP contribution is -2.32. The molecular formula is C11H18BrClN2O3S. The smallest absolute Gasteiger partial charge is 0.244 e. The summed E-state index contributed by atoms with van der Waals surface area (Å²) in [6, 6.07) is 4.87. The molecule has 1 aromatic rings. The summed E-state index contributed by atoms with van der Waals surface area (Å²) in [5, 5.41) is 3.04. The Balaban J connectivity index is 0.00000324. The summed E-state index contributed by atoms with van der Waals surface area (Å²) in [7, 11) is -2.11. The maximum Gasteiger partial charge on any atom is 0.244 e. The van der Waals surface area contributed by atoms with Crippen molar-refractivity contribution >= 4 is 38.4 Å². The van der Waals surface area contributed by atoms with E-state index in [-0.39, 0.29) is 17.3 Å². The maximum atomic E-state index is 12.1. The van der Waals surface area contributed by atoms with Gasteiger partial charge in [0.15, 0.2) is 0 Å². The van der Waals surface area contributed by atoms with Crippen LogP contribution in [0.4, 0.5) is 0 Å². The van der Waals surface area contributed by atoms with Gasteiger partial charge >= 0.3 is 0 Å². The van der Waals surface area contributed by atoms with Gasteiger partial charge in [0.25, 0.3) is 0 Å². The van der Waals surface area contributed by atoms with Gasteiger partial charge in [0.05, 0.1) is 7.11 Å². The minimum atomic E-state index is -3.55. The third-order valence-corrected chi connectivity index (χ3v) is 4.23. The number of halogens is 2. The zero-order valence-electron chi connectivity index (χ0n) is 10.8. The van der Waals surface area contributed by atoms with E-state index < -0.39 is 10.0 Å². The van der Waals surface area contributed by atoms with Crippen molar-refractivity contribution in [2.45, 2.75) is 11.8 Å². The molecule has 5 nitrogen and oxygen atoms in total. The summed E-state index contributed by atoms with van der Waals surface area (Å²) in [6.07, 6.45) is 0. The van der Waals surface area contributed by atoms with Crippen LogP contribution in [0.15, 0.2) is 27.6 Å². The van der Waals surface area contributed by atoms with E-state index in [2.05, 4.69) is 26.0 Å². The van der Waals surface area contributed by atoms with Crippen LogP contribution in [0.25, 0.3) is 0 Å². The molecule has 0 aromatic heterocycles.